The minimum atomic E-state index is -0.617. The van der Waals surface area contributed by atoms with Crippen molar-refractivity contribution in [2.75, 3.05) is 59.5 Å². The maximum Gasteiger partial charge on any atom is 0.408 e. The molecule has 9 nitrogen and oxygen atoms in total. The van der Waals surface area contributed by atoms with E-state index >= 15 is 0 Å². The van der Waals surface area contributed by atoms with Gasteiger partial charge in [-0.15, -0.1) is 0 Å². The Hall–Kier alpha value is -3.11. The molecule has 2 aromatic carbocycles. The molecule has 0 unspecified atom stereocenters. The molecule has 0 radical (unpaired) electrons. The second-order valence-electron chi connectivity index (χ2n) is 8.64. The number of thioether (sulfide) groups is 1. The van der Waals surface area contributed by atoms with Crippen molar-refractivity contribution < 1.29 is 28.5 Å². The van der Waals surface area contributed by atoms with Gasteiger partial charge in [0.15, 0.2) is 11.5 Å². The second-order valence-corrected chi connectivity index (χ2v) is 9.62. The van der Waals surface area contributed by atoms with Gasteiger partial charge < -0.3 is 29.2 Å². The minimum absolute atomic E-state index is 0.0749. The highest BCUT2D eigenvalue weighted by Gasteiger charge is 2.29. The molecule has 0 aromatic heterocycles. The first-order valence-electron chi connectivity index (χ1n) is 12.3. The molecule has 1 heterocycles. The standard InChI is InChI=1S/C27H37N3O6S/c1-33-23-11-10-21(24(34-2)25(23)35-3)18-29-13-15-30(16-14-29)26(31)22(12-17-37-4)28-27(32)36-19-20-8-6-5-7-9-20/h5-11,22H,12-19H2,1-4H3,(H,28,32)/t22-/m0/s1. The van der Waals surface area contributed by atoms with E-state index in [0.29, 0.717) is 56.4 Å². The lowest BCUT2D eigenvalue weighted by molar-refractivity contribution is -0.135. The number of hydrogen-bond acceptors (Lipinski definition) is 8. The van der Waals surface area contributed by atoms with E-state index in [1.165, 1.54) is 0 Å². The molecule has 2 amide bonds. The monoisotopic (exact) mass is 531 g/mol. The first kappa shape index (κ1) is 28.5. The molecule has 0 bridgehead atoms. The zero-order valence-electron chi connectivity index (χ0n) is 22.0. The van der Waals surface area contributed by atoms with Gasteiger partial charge in [-0.2, -0.15) is 11.8 Å². The molecule has 1 aliphatic heterocycles. The van der Waals surface area contributed by atoms with Crippen LogP contribution in [0.4, 0.5) is 4.79 Å². The molecule has 0 saturated carbocycles. The largest absolute Gasteiger partial charge is 0.493 e. The van der Waals surface area contributed by atoms with Crippen LogP contribution in [-0.4, -0.2) is 87.4 Å². The number of alkyl carbamates (subject to hydrolysis) is 1. The van der Waals surface area contributed by atoms with Crippen molar-refractivity contribution in [2.45, 2.75) is 25.6 Å². The van der Waals surface area contributed by atoms with E-state index in [4.69, 9.17) is 18.9 Å². The smallest absolute Gasteiger partial charge is 0.408 e. The molecular weight excluding hydrogens is 494 g/mol. The summed E-state index contributed by atoms with van der Waals surface area (Å²) in [7, 11) is 4.80. The Kier molecular flexibility index (Phi) is 11.2. The molecule has 1 fully saturated rings. The zero-order chi connectivity index (χ0) is 26.6. The van der Waals surface area contributed by atoms with Crippen LogP contribution in [0, 0.1) is 0 Å². The number of methoxy groups -OCH3 is 3. The highest BCUT2D eigenvalue weighted by molar-refractivity contribution is 7.98. The first-order chi connectivity index (χ1) is 18.0. The van der Waals surface area contributed by atoms with Crippen molar-refractivity contribution in [3.05, 3.63) is 53.6 Å². The Morgan fingerprint density at radius 1 is 0.946 bits per heavy atom. The summed E-state index contributed by atoms with van der Waals surface area (Å²) >= 11 is 1.64. The molecule has 2 aromatic rings. The van der Waals surface area contributed by atoms with Crippen LogP contribution >= 0.6 is 11.8 Å². The molecule has 37 heavy (non-hydrogen) atoms. The zero-order valence-corrected chi connectivity index (χ0v) is 22.8. The van der Waals surface area contributed by atoms with E-state index in [-0.39, 0.29) is 12.5 Å². The second kappa shape index (κ2) is 14.6. The van der Waals surface area contributed by atoms with Gasteiger partial charge in [-0.3, -0.25) is 9.69 Å². The summed E-state index contributed by atoms with van der Waals surface area (Å²) in [5, 5.41) is 2.79. The maximum atomic E-state index is 13.3. The van der Waals surface area contributed by atoms with Crippen LogP contribution < -0.4 is 19.5 Å². The molecule has 1 saturated heterocycles. The van der Waals surface area contributed by atoms with E-state index in [9.17, 15) is 9.59 Å². The number of amides is 2. The maximum absolute atomic E-state index is 13.3. The fourth-order valence-corrected chi connectivity index (χ4v) is 4.75. The minimum Gasteiger partial charge on any atom is -0.493 e. The molecule has 0 aliphatic carbocycles. The summed E-state index contributed by atoms with van der Waals surface area (Å²) in [6, 6.07) is 12.7. The number of hydrogen-bond donors (Lipinski definition) is 1. The predicted octanol–water partition coefficient (Wildman–Crippen LogP) is 3.40. The summed E-state index contributed by atoms with van der Waals surface area (Å²) in [4.78, 5) is 29.8. The van der Waals surface area contributed by atoms with Crippen molar-refractivity contribution in [3.63, 3.8) is 0 Å². The van der Waals surface area contributed by atoms with Crippen molar-refractivity contribution in [2.24, 2.45) is 0 Å². The Morgan fingerprint density at radius 2 is 1.65 bits per heavy atom. The molecule has 1 N–H and O–H groups in total. The van der Waals surface area contributed by atoms with Gasteiger partial charge in [0.1, 0.15) is 12.6 Å². The van der Waals surface area contributed by atoms with Crippen molar-refractivity contribution in [1.29, 1.82) is 0 Å². The van der Waals surface area contributed by atoms with E-state index in [1.54, 1.807) is 33.1 Å². The quantitative estimate of drug-likeness (QED) is 0.446. The number of carbonyl (C=O) groups is 2. The summed E-state index contributed by atoms with van der Waals surface area (Å²) in [6.45, 7) is 3.38. The van der Waals surface area contributed by atoms with Crippen LogP contribution in [0.15, 0.2) is 42.5 Å². The lowest BCUT2D eigenvalue weighted by atomic mass is 10.1. The summed E-state index contributed by atoms with van der Waals surface area (Å²) in [5.41, 5.74) is 1.88. The van der Waals surface area contributed by atoms with Crippen molar-refractivity contribution in [1.82, 2.24) is 15.1 Å². The molecule has 3 rings (SSSR count). The molecule has 1 atom stereocenters. The molecule has 1 aliphatic rings. The van der Waals surface area contributed by atoms with Crippen LogP contribution in [0.5, 0.6) is 17.2 Å². The first-order valence-corrected chi connectivity index (χ1v) is 13.6. The van der Waals surface area contributed by atoms with E-state index < -0.39 is 12.1 Å². The van der Waals surface area contributed by atoms with Gasteiger partial charge in [0.05, 0.1) is 21.3 Å². The van der Waals surface area contributed by atoms with Gasteiger partial charge in [-0.05, 0) is 30.1 Å². The van der Waals surface area contributed by atoms with Gasteiger partial charge in [0.2, 0.25) is 11.7 Å². The van der Waals surface area contributed by atoms with E-state index in [2.05, 4.69) is 10.2 Å². The predicted molar refractivity (Wildman–Crippen MR) is 145 cm³/mol. The van der Waals surface area contributed by atoms with Crippen LogP contribution in [0.2, 0.25) is 0 Å². The molecule has 0 spiro atoms. The van der Waals surface area contributed by atoms with E-state index in [1.807, 2.05) is 53.6 Å². The lowest BCUT2D eigenvalue weighted by Crippen LogP contribution is -2.55. The third-order valence-corrected chi connectivity index (χ3v) is 6.92. The number of nitrogens with zero attached hydrogens (tertiary/aromatic N) is 2. The fourth-order valence-electron chi connectivity index (χ4n) is 4.28. The van der Waals surface area contributed by atoms with Gasteiger partial charge in [-0.25, -0.2) is 4.79 Å². The SMILES string of the molecule is COc1ccc(CN2CCN(C(=O)[C@H](CCSC)NC(=O)OCc3ccccc3)CC2)c(OC)c1OC. The summed E-state index contributed by atoms with van der Waals surface area (Å²) < 4.78 is 21.8. The van der Waals surface area contributed by atoms with E-state index in [0.717, 1.165) is 16.9 Å². The number of benzene rings is 2. The number of carbonyl (C=O) groups excluding carboxylic acids is 2. The van der Waals surface area contributed by atoms with Gasteiger partial charge in [0.25, 0.3) is 0 Å². The summed E-state index contributed by atoms with van der Waals surface area (Å²) in [5.74, 6) is 2.52. The van der Waals surface area contributed by atoms with Crippen molar-refractivity contribution in [3.8, 4) is 17.2 Å². The number of nitrogens with one attached hydrogen (secondary N) is 1. The normalized spacial score (nSPS) is 14.5. The number of rotatable bonds is 12. The fraction of sp³-hybridized carbons (Fsp3) is 0.481. The highest BCUT2D eigenvalue weighted by atomic mass is 32.2. The average Bonchev–Trinajstić information content (AvgIpc) is 2.94. The topological polar surface area (TPSA) is 89.6 Å². The lowest BCUT2D eigenvalue weighted by Gasteiger charge is -2.36. The van der Waals surface area contributed by atoms with Gasteiger partial charge >= 0.3 is 6.09 Å². The van der Waals surface area contributed by atoms with Crippen LogP contribution in [0.25, 0.3) is 0 Å². The molecular formula is C27H37N3O6S. The van der Waals surface area contributed by atoms with Crippen molar-refractivity contribution >= 4 is 23.8 Å². The average molecular weight is 532 g/mol. The van der Waals surface area contributed by atoms with Gasteiger partial charge in [-0.1, -0.05) is 36.4 Å². The Bertz CT molecular complexity index is 1010. The third kappa shape index (κ3) is 7.93. The Morgan fingerprint density at radius 3 is 2.27 bits per heavy atom. The van der Waals surface area contributed by atoms with Crippen LogP contribution in [-0.2, 0) is 22.7 Å². The molecule has 10 heteroatoms. The molecule has 202 valence electrons. The Balaban J connectivity index is 1.56. The van der Waals surface area contributed by atoms with Gasteiger partial charge in [0, 0.05) is 38.3 Å². The number of ether oxygens (including phenoxy) is 4. The highest BCUT2D eigenvalue weighted by Crippen LogP contribution is 2.40. The van der Waals surface area contributed by atoms with Crippen LogP contribution in [0.3, 0.4) is 0 Å². The Labute approximate surface area is 223 Å². The summed E-state index contributed by atoms with van der Waals surface area (Å²) in [6.07, 6.45) is 1.95. The third-order valence-electron chi connectivity index (χ3n) is 6.28. The number of piperazine rings is 1. The van der Waals surface area contributed by atoms with Crippen LogP contribution in [0.1, 0.15) is 17.5 Å².